The number of aromatic hydroxyl groups is 1. The number of hydrogen-bond acceptors (Lipinski definition) is 9. The molecule has 2 aromatic rings. The average Bonchev–Trinajstić information content (AvgIpc) is 2.73. The molecule has 0 amide bonds. The van der Waals surface area contributed by atoms with Crippen molar-refractivity contribution in [2.24, 2.45) is 11.8 Å². The van der Waals surface area contributed by atoms with Crippen LogP contribution in [0.25, 0.3) is 10.8 Å². The topological polar surface area (TPSA) is 156 Å². The Kier molecular flexibility index (Phi) is 5.30. The Morgan fingerprint density at radius 3 is 2.41 bits per heavy atom. The van der Waals surface area contributed by atoms with Gasteiger partial charge in [-0.1, -0.05) is 0 Å². The van der Waals surface area contributed by atoms with Gasteiger partial charge in [-0.3, -0.25) is 19.7 Å². The first-order valence-electron chi connectivity index (χ1n) is 10.1. The Balaban J connectivity index is 2.20. The van der Waals surface area contributed by atoms with Crippen LogP contribution in [0.2, 0.25) is 0 Å². The number of hydrogen-bond donors (Lipinski definition) is 3. The molecule has 170 valence electrons. The Morgan fingerprint density at radius 1 is 1.16 bits per heavy atom. The third-order valence-corrected chi connectivity index (χ3v) is 6.60. The fraction of sp³-hybridized carbons (Fsp3) is 0.455. The van der Waals surface area contributed by atoms with Gasteiger partial charge in [0.1, 0.15) is 17.2 Å². The zero-order valence-corrected chi connectivity index (χ0v) is 17.7. The average molecular weight is 445 g/mol. The Hall–Kier alpha value is -3.24. The van der Waals surface area contributed by atoms with Crippen LogP contribution < -0.4 is 9.47 Å². The Labute approximate surface area is 182 Å². The van der Waals surface area contributed by atoms with Crippen LogP contribution in [0, 0.1) is 22.0 Å². The second kappa shape index (κ2) is 7.72. The van der Waals surface area contributed by atoms with Crippen molar-refractivity contribution < 1.29 is 39.3 Å². The summed E-state index contributed by atoms with van der Waals surface area (Å²) in [5.41, 5.74) is -0.395. The third-order valence-electron chi connectivity index (χ3n) is 6.60. The molecule has 0 aliphatic heterocycles. The lowest BCUT2D eigenvalue weighted by Crippen LogP contribution is -2.49. The number of carbonyl (C=O) groups is 2. The molecule has 5 atom stereocenters. The van der Waals surface area contributed by atoms with Crippen molar-refractivity contribution in [3.63, 3.8) is 0 Å². The SMILES string of the molecule is COc1ccc(C(C)=O)c2c(O)c3c(c(OC)c12)C([N+](=O)[O-])C1C(C[C@H](O)C[C@H]1O)C3=O. The number of nitrogens with zero attached hydrogens (tertiary/aromatic N) is 1. The molecule has 2 aromatic carbocycles. The number of carbonyl (C=O) groups excluding carboxylic acids is 2. The van der Waals surface area contributed by atoms with Crippen molar-refractivity contribution in [2.45, 2.75) is 38.0 Å². The monoisotopic (exact) mass is 445 g/mol. The summed E-state index contributed by atoms with van der Waals surface area (Å²) in [5.74, 6) is -3.68. The molecule has 0 saturated heterocycles. The fourth-order valence-electron chi connectivity index (χ4n) is 5.35. The van der Waals surface area contributed by atoms with Gasteiger partial charge < -0.3 is 24.8 Å². The molecule has 32 heavy (non-hydrogen) atoms. The number of phenols is 1. The smallest absolute Gasteiger partial charge is 0.248 e. The molecule has 0 radical (unpaired) electrons. The molecule has 1 fully saturated rings. The first kappa shape index (κ1) is 22.0. The molecule has 2 aliphatic rings. The Bertz CT molecular complexity index is 1160. The van der Waals surface area contributed by atoms with Crippen molar-refractivity contribution in [3.05, 3.63) is 38.9 Å². The lowest BCUT2D eigenvalue weighted by atomic mass is 9.63. The summed E-state index contributed by atoms with van der Waals surface area (Å²) in [6.45, 7) is 1.29. The summed E-state index contributed by atoms with van der Waals surface area (Å²) in [4.78, 5) is 37.4. The van der Waals surface area contributed by atoms with Crippen molar-refractivity contribution in [1.29, 1.82) is 0 Å². The van der Waals surface area contributed by atoms with E-state index in [1.54, 1.807) is 0 Å². The molecule has 2 aliphatic carbocycles. The second-order valence-corrected chi connectivity index (χ2v) is 8.26. The molecule has 10 nitrogen and oxygen atoms in total. The number of phenolic OH excluding ortho intramolecular Hbond substituents is 1. The van der Waals surface area contributed by atoms with Gasteiger partial charge in [-0.15, -0.1) is 0 Å². The predicted octanol–water partition coefficient (Wildman–Crippen LogP) is 2.03. The number of fused-ring (bicyclic) bond motifs is 3. The molecule has 1 saturated carbocycles. The normalized spacial score (nSPS) is 26.9. The van der Waals surface area contributed by atoms with E-state index in [-0.39, 0.29) is 51.8 Å². The van der Waals surface area contributed by atoms with Crippen LogP contribution >= 0.6 is 0 Å². The molecule has 0 heterocycles. The van der Waals surface area contributed by atoms with Gasteiger partial charge in [-0.2, -0.15) is 0 Å². The number of rotatable bonds is 4. The summed E-state index contributed by atoms with van der Waals surface area (Å²) >= 11 is 0. The summed E-state index contributed by atoms with van der Waals surface area (Å²) < 4.78 is 10.9. The van der Waals surface area contributed by atoms with Gasteiger partial charge in [0.05, 0.1) is 48.9 Å². The van der Waals surface area contributed by atoms with Crippen LogP contribution in [0.15, 0.2) is 12.1 Å². The minimum Gasteiger partial charge on any atom is -0.506 e. The first-order valence-corrected chi connectivity index (χ1v) is 10.1. The standard InChI is InChI=1S/C22H23NO9/c1-8(24)10-4-5-13(31-2)16-15(10)21(28)18-17(22(16)32-3)19(23(29)30)14-11(20(18)27)6-9(25)7-12(14)26/h4-5,9,11-12,14,19,25-26,28H,6-7H2,1-3H3/t9-,11?,12+,14?,19?/m0/s1. The predicted molar refractivity (Wildman–Crippen MR) is 111 cm³/mol. The molecule has 0 bridgehead atoms. The molecule has 3 unspecified atom stereocenters. The summed E-state index contributed by atoms with van der Waals surface area (Å²) in [7, 11) is 2.62. The molecule has 3 N–H and O–H groups in total. The number of methoxy groups -OCH3 is 2. The number of aliphatic hydroxyl groups is 2. The van der Waals surface area contributed by atoms with E-state index in [0.29, 0.717) is 0 Å². The highest BCUT2D eigenvalue weighted by molar-refractivity contribution is 6.18. The zero-order valence-electron chi connectivity index (χ0n) is 17.7. The van der Waals surface area contributed by atoms with E-state index in [2.05, 4.69) is 0 Å². The van der Waals surface area contributed by atoms with Gasteiger partial charge in [0.25, 0.3) is 0 Å². The van der Waals surface area contributed by atoms with E-state index in [0.717, 1.165) is 0 Å². The molecule has 4 rings (SSSR count). The molecular weight excluding hydrogens is 422 g/mol. The van der Waals surface area contributed by atoms with E-state index in [9.17, 15) is 35.0 Å². The van der Waals surface area contributed by atoms with Gasteiger partial charge in [0.15, 0.2) is 11.6 Å². The maximum atomic E-state index is 13.5. The van der Waals surface area contributed by atoms with E-state index < -0.39 is 52.3 Å². The summed E-state index contributed by atoms with van der Waals surface area (Å²) in [5, 5.41) is 44.3. The summed E-state index contributed by atoms with van der Waals surface area (Å²) in [6, 6.07) is 1.34. The highest BCUT2D eigenvalue weighted by atomic mass is 16.6. The lowest BCUT2D eigenvalue weighted by molar-refractivity contribution is -0.545. The van der Waals surface area contributed by atoms with Gasteiger partial charge in [0.2, 0.25) is 6.04 Å². The van der Waals surface area contributed by atoms with Crippen LogP contribution in [-0.2, 0) is 0 Å². The molecular formula is C22H23NO9. The number of ketones is 2. The van der Waals surface area contributed by atoms with Crippen molar-refractivity contribution >= 4 is 22.3 Å². The minimum absolute atomic E-state index is 0.00162. The largest absolute Gasteiger partial charge is 0.506 e. The maximum absolute atomic E-state index is 13.5. The van der Waals surface area contributed by atoms with Crippen LogP contribution in [0.3, 0.4) is 0 Å². The fourth-order valence-corrected chi connectivity index (χ4v) is 5.35. The van der Waals surface area contributed by atoms with E-state index in [4.69, 9.17) is 9.47 Å². The quantitative estimate of drug-likeness (QED) is 0.364. The number of nitro groups is 1. The van der Waals surface area contributed by atoms with Gasteiger partial charge in [-0.25, -0.2) is 0 Å². The van der Waals surface area contributed by atoms with Crippen LogP contribution in [0.4, 0.5) is 0 Å². The van der Waals surface area contributed by atoms with E-state index in [1.165, 1.54) is 33.3 Å². The molecule has 0 aromatic heterocycles. The number of ether oxygens (including phenoxy) is 2. The zero-order chi connectivity index (χ0) is 23.5. The van der Waals surface area contributed by atoms with Crippen LogP contribution in [0.5, 0.6) is 17.2 Å². The molecule has 0 spiro atoms. The maximum Gasteiger partial charge on any atom is 0.248 e. The minimum atomic E-state index is -1.58. The van der Waals surface area contributed by atoms with Crippen molar-refractivity contribution in [1.82, 2.24) is 0 Å². The third kappa shape index (κ3) is 2.94. The van der Waals surface area contributed by atoms with Crippen LogP contribution in [-0.4, -0.2) is 58.2 Å². The summed E-state index contributed by atoms with van der Waals surface area (Å²) in [6.07, 6.45) is -2.50. The number of aliphatic hydroxyl groups excluding tert-OH is 2. The van der Waals surface area contributed by atoms with E-state index in [1.807, 2.05) is 0 Å². The number of benzene rings is 2. The van der Waals surface area contributed by atoms with Crippen LogP contribution in [0.1, 0.15) is 52.1 Å². The van der Waals surface area contributed by atoms with Crippen molar-refractivity contribution in [3.8, 4) is 17.2 Å². The second-order valence-electron chi connectivity index (χ2n) is 8.26. The highest BCUT2D eigenvalue weighted by Gasteiger charge is 2.57. The Morgan fingerprint density at radius 2 is 1.84 bits per heavy atom. The number of Topliss-reactive ketones (excluding diaryl/α,β-unsaturated/α-hetero) is 2. The van der Waals surface area contributed by atoms with E-state index >= 15 is 0 Å². The van der Waals surface area contributed by atoms with Crippen molar-refractivity contribution in [2.75, 3.05) is 14.2 Å². The van der Waals surface area contributed by atoms with Gasteiger partial charge >= 0.3 is 0 Å². The molecule has 10 heteroatoms. The highest BCUT2D eigenvalue weighted by Crippen LogP contribution is 2.56. The first-order chi connectivity index (χ1) is 15.1. The lowest BCUT2D eigenvalue weighted by Gasteiger charge is -2.42. The van der Waals surface area contributed by atoms with Gasteiger partial charge in [-0.05, 0) is 31.9 Å². The van der Waals surface area contributed by atoms with Gasteiger partial charge in [0, 0.05) is 21.8 Å².